The maximum atomic E-state index is 11.8. The summed E-state index contributed by atoms with van der Waals surface area (Å²) in [5.74, 6) is -1.06. The zero-order valence-corrected chi connectivity index (χ0v) is 10.9. The van der Waals surface area contributed by atoms with E-state index in [1.165, 1.54) is 0 Å². The Morgan fingerprint density at radius 2 is 2.22 bits per heavy atom. The van der Waals surface area contributed by atoms with E-state index >= 15 is 0 Å². The number of carbonyl (C=O) groups excluding carboxylic acids is 1. The van der Waals surface area contributed by atoms with Crippen LogP contribution in [0.4, 0.5) is 4.79 Å². The second kappa shape index (κ2) is 7.03. The first-order valence-electron chi connectivity index (χ1n) is 6.40. The molecular weight excluding hydrogens is 232 g/mol. The van der Waals surface area contributed by atoms with Gasteiger partial charge in [0.15, 0.2) is 0 Å². The van der Waals surface area contributed by atoms with Gasteiger partial charge in [0, 0.05) is 19.6 Å². The summed E-state index contributed by atoms with van der Waals surface area (Å²) >= 11 is 0. The van der Waals surface area contributed by atoms with Crippen molar-refractivity contribution in [3.63, 3.8) is 0 Å². The van der Waals surface area contributed by atoms with Gasteiger partial charge in [-0.05, 0) is 32.1 Å². The number of nitrogens with one attached hydrogen (secondary N) is 1. The van der Waals surface area contributed by atoms with Crippen LogP contribution in [-0.2, 0) is 4.79 Å². The molecule has 18 heavy (non-hydrogen) atoms. The molecular formula is C13H22N2O3. The Morgan fingerprint density at radius 3 is 2.78 bits per heavy atom. The third kappa shape index (κ3) is 4.39. The van der Waals surface area contributed by atoms with Crippen molar-refractivity contribution in [1.82, 2.24) is 10.2 Å². The fraction of sp³-hybridized carbons (Fsp3) is 0.692. The molecule has 1 rings (SSSR count). The Morgan fingerprint density at radius 1 is 1.50 bits per heavy atom. The Labute approximate surface area is 108 Å². The molecule has 0 saturated heterocycles. The standard InChI is InChI=1S/C13H22N2O3/c1-3-4-5-8-15(2)13(18)14-11-7-6-10(9-11)12(16)17/h3,10-11H,1,4-9H2,2H3,(H,14,18)(H,16,17)/t10-,11+/m1/s1. The monoisotopic (exact) mass is 254 g/mol. The van der Waals surface area contributed by atoms with E-state index in [1.807, 2.05) is 6.08 Å². The molecule has 0 bridgehead atoms. The molecule has 2 N–H and O–H groups in total. The molecule has 0 unspecified atom stereocenters. The third-order valence-corrected chi connectivity index (χ3v) is 3.36. The first-order valence-corrected chi connectivity index (χ1v) is 6.40. The molecule has 5 heteroatoms. The Bertz CT molecular complexity index is 317. The van der Waals surface area contributed by atoms with Crippen molar-refractivity contribution >= 4 is 12.0 Å². The molecule has 2 atom stereocenters. The average molecular weight is 254 g/mol. The number of hydrogen-bond acceptors (Lipinski definition) is 2. The van der Waals surface area contributed by atoms with Crippen molar-refractivity contribution in [2.75, 3.05) is 13.6 Å². The van der Waals surface area contributed by atoms with Crippen LogP contribution in [0.1, 0.15) is 32.1 Å². The van der Waals surface area contributed by atoms with Gasteiger partial charge in [-0.15, -0.1) is 6.58 Å². The highest BCUT2D eigenvalue weighted by molar-refractivity contribution is 5.75. The number of hydrogen-bond donors (Lipinski definition) is 2. The Hall–Kier alpha value is -1.52. The zero-order valence-electron chi connectivity index (χ0n) is 10.9. The van der Waals surface area contributed by atoms with Crippen LogP contribution in [-0.4, -0.2) is 41.6 Å². The predicted molar refractivity (Wildman–Crippen MR) is 69.4 cm³/mol. The summed E-state index contributed by atoms with van der Waals surface area (Å²) in [6.45, 7) is 4.32. The number of rotatable bonds is 6. The smallest absolute Gasteiger partial charge is 0.317 e. The van der Waals surface area contributed by atoms with Crippen LogP contribution in [0.5, 0.6) is 0 Å². The van der Waals surface area contributed by atoms with E-state index in [-0.39, 0.29) is 18.0 Å². The maximum Gasteiger partial charge on any atom is 0.317 e. The van der Waals surface area contributed by atoms with Crippen molar-refractivity contribution in [3.05, 3.63) is 12.7 Å². The molecule has 0 aromatic rings. The zero-order chi connectivity index (χ0) is 13.5. The molecule has 0 heterocycles. The topological polar surface area (TPSA) is 69.6 Å². The summed E-state index contributed by atoms with van der Waals surface area (Å²) < 4.78 is 0. The van der Waals surface area contributed by atoms with Gasteiger partial charge in [-0.25, -0.2) is 4.79 Å². The molecule has 102 valence electrons. The Balaban J connectivity index is 2.28. The second-order valence-electron chi connectivity index (χ2n) is 4.85. The lowest BCUT2D eigenvalue weighted by Crippen LogP contribution is -2.42. The fourth-order valence-corrected chi connectivity index (χ4v) is 2.20. The van der Waals surface area contributed by atoms with E-state index in [4.69, 9.17) is 5.11 Å². The quantitative estimate of drug-likeness (QED) is 0.561. The van der Waals surface area contributed by atoms with Crippen LogP contribution in [0, 0.1) is 5.92 Å². The van der Waals surface area contributed by atoms with Crippen LogP contribution in [0.25, 0.3) is 0 Å². The highest BCUT2D eigenvalue weighted by Crippen LogP contribution is 2.25. The minimum Gasteiger partial charge on any atom is -0.481 e. The predicted octanol–water partition coefficient (Wildman–Crippen LogP) is 1.85. The van der Waals surface area contributed by atoms with Gasteiger partial charge in [0.25, 0.3) is 0 Å². The fourth-order valence-electron chi connectivity index (χ4n) is 2.20. The normalized spacial score (nSPS) is 22.5. The molecule has 0 aliphatic heterocycles. The number of nitrogens with zero attached hydrogens (tertiary/aromatic N) is 1. The summed E-state index contributed by atoms with van der Waals surface area (Å²) in [5, 5.41) is 11.8. The Kier molecular flexibility index (Phi) is 5.68. The molecule has 1 aliphatic rings. The van der Waals surface area contributed by atoms with Gasteiger partial charge >= 0.3 is 12.0 Å². The summed E-state index contributed by atoms with van der Waals surface area (Å²) in [6, 6.07) is -0.115. The summed E-state index contributed by atoms with van der Waals surface area (Å²) in [5.41, 5.74) is 0. The van der Waals surface area contributed by atoms with E-state index in [0.29, 0.717) is 19.4 Å². The lowest BCUT2D eigenvalue weighted by molar-refractivity contribution is -0.141. The minimum atomic E-state index is -0.758. The first kappa shape index (κ1) is 14.5. The number of unbranched alkanes of at least 4 members (excludes halogenated alkanes) is 1. The van der Waals surface area contributed by atoms with E-state index in [9.17, 15) is 9.59 Å². The second-order valence-corrected chi connectivity index (χ2v) is 4.85. The van der Waals surface area contributed by atoms with Gasteiger partial charge in [-0.2, -0.15) is 0 Å². The number of aliphatic carboxylic acids is 1. The number of carboxylic acids is 1. The number of carboxylic acid groups (broad SMARTS) is 1. The van der Waals surface area contributed by atoms with Crippen molar-refractivity contribution in [2.45, 2.75) is 38.1 Å². The molecule has 2 amide bonds. The third-order valence-electron chi connectivity index (χ3n) is 3.36. The number of amides is 2. The molecule has 0 radical (unpaired) electrons. The summed E-state index contributed by atoms with van der Waals surface area (Å²) in [6.07, 6.45) is 5.57. The van der Waals surface area contributed by atoms with Crippen LogP contribution < -0.4 is 5.32 Å². The highest BCUT2D eigenvalue weighted by atomic mass is 16.4. The van der Waals surface area contributed by atoms with Gasteiger partial charge in [-0.3, -0.25) is 4.79 Å². The number of carbonyl (C=O) groups is 2. The molecule has 1 fully saturated rings. The van der Waals surface area contributed by atoms with Crippen molar-refractivity contribution in [2.24, 2.45) is 5.92 Å². The number of allylic oxidation sites excluding steroid dienone is 1. The summed E-state index contributed by atoms with van der Waals surface area (Å²) in [4.78, 5) is 24.3. The van der Waals surface area contributed by atoms with Gasteiger partial charge in [0.1, 0.15) is 0 Å². The van der Waals surface area contributed by atoms with Crippen LogP contribution >= 0.6 is 0 Å². The van der Waals surface area contributed by atoms with Crippen molar-refractivity contribution in [3.8, 4) is 0 Å². The lowest BCUT2D eigenvalue weighted by Gasteiger charge is -2.20. The average Bonchev–Trinajstić information content (AvgIpc) is 2.77. The molecule has 0 spiro atoms. The molecule has 0 aromatic carbocycles. The van der Waals surface area contributed by atoms with Crippen LogP contribution in [0.15, 0.2) is 12.7 Å². The van der Waals surface area contributed by atoms with Crippen LogP contribution in [0.3, 0.4) is 0 Å². The largest absolute Gasteiger partial charge is 0.481 e. The molecule has 0 aromatic heterocycles. The highest BCUT2D eigenvalue weighted by Gasteiger charge is 2.30. The molecule has 5 nitrogen and oxygen atoms in total. The van der Waals surface area contributed by atoms with Gasteiger partial charge in [0.05, 0.1) is 5.92 Å². The molecule has 1 aliphatic carbocycles. The first-order chi connectivity index (χ1) is 8.54. The van der Waals surface area contributed by atoms with Crippen LogP contribution in [0.2, 0.25) is 0 Å². The van der Waals surface area contributed by atoms with E-state index in [1.54, 1.807) is 11.9 Å². The SMILES string of the molecule is C=CCCCN(C)C(=O)N[C@H]1CC[C@@H](C(=O)O)C1. The summed E-state index contributed by atoms with van der Waals surface area (Å²) in [7, 11) is 1.75. The number of urea groups is 1. The van der Waals surface area contributed by atoms with Crippen molar-refractivity contribution < 1.29 is 14.7 Å². The van der Waals surface area contributed by atoms with E-state index in [2.05, 4.69) is 11.9 Å². The van der Waals surface area contributed by atoms with E-state index in [0.717, 1.165) is 19.3 Å². The maximum absolute atomic E-state index is 11.8. The van der Waals surface area contributed by atoms with Crippen molar-refractivity contribution in [1.29, 1.82) is 0 Å². The van der Waals surface area contributed by atoms with Gasteiger partial charge in [-0.1, -0.05) is 6.08 Å². The van der Waals surface area contributed by atoms with E-state index < -0.39 is 5.97 Å². The molecule has 1 saturated carbocycles. The minimum absolute atomic E-state index is 0.000421. The van der Waals surface area contributed by atoms with Gasteiger partial charge < -0.3 is 15.3 Å². The lowest BCUT2D eigenvalue weighted by atomic mass is 10.1. The van der Waals surface area contributed by atoms with Gasteiger partial charge in [0.2, 0.25) is 0 Å².